The molecule has 3 aromatic carbocycles. The number of benzene rings is 3. The SMILES string of the molecule is CCCNC(=O)c1ccccc1NC(=O)CN(c1ccccc1OCC)S(=O)(=O)c1ccccc1. The lowest BCUT2D eigenvalue weighted by Gasteiger charge is -2.26. The molecule has 0 aliphatic carbocycles. The minimum atomic E-state index is -4.11. The standard InChI is InChI=1S/C26H29N3O5S/c1-3-18-27-26(31)21-14-8-9-15-22(21)28-25(30)19-29(23-16-10-11-17-24(23)34-4-2)35(32,33)20-12-6-5-7-13-20/h5-17H,3-4,18-19H2,1-2H3,(H,27,31)(H,28,30). The van der Waals surface area contributed by atoms with E-state index in [9.17, 15) is 18.0 Å². The Balaban J connectivity index is 1.96. The van der Waals surface area contributed by atoms with Gasteiger partial charge in [0.25, 0.3) is 15.9 Å². The van der Waals surface area contributed by atoms with Crippen LogP contribution in [0.25, 0.3) is 0 Å². The molecule has 3 aromatic rings. The number of amides is 2. The lowest BCUT2D eigenvalue weighted by molar-refractivity contribution is -0.114. The Morgan fingerprint density at radius 3 is 2.26 bits per heavy atom. The van der Waals surface area contributed by atoms with Gasteiger partial charge in [-0.2, -0.15) is 0 Å². The van der Waals surface area contributed by atoms with E-state index in [4.69, 9.17) is 4.74 Å². The van der Waals surface area contributed by atoms with Crippen molar-refractivity contribution in [2.24, 2.45) is 0 Å². The second kappa shape index (κ2) is 12.0. The van der Waals surface area contributed by atoms with Crippen molar-refractivity contribution in [3.63, 3.8) is 0 Å². The monoisotopic (exact) mass is 495 g/mol. The van der Waals surface area contributed by atoms with Crippen LogP contribution in [-0.4, -0.2) is 39.9 Å². The van der Waals surface area contributed by atoms with E-state index in [-0.39, 0.29) is 16.5 Å². The number of nitrogens with one attached hydrogen (secondary N) is 2. The molecule has 0 unspecified atom stereocenters. The third kappa shape index (κ3) is 6.39. The number of ether oxygens (including phenoxy) is 1. The topological polar surface area (TPSA) is 105 Å². The second-order valence-electron chi connectivity index (χ2n) is 7.58. The maximum absolute atomic E-state index is 13.6. The maximum atomic E-state index is 13.6. The fourth-order valence-corrected chi connectivity index (χ4v) is 4.86. The van der Waals surface area contributed by atoms with Gasteiger partial charge >= 0.3 is 0 Å². The smallest absolute Gasteiger partial charge is 0.264 e. The number of carbonyl (C=O) groups is 2. The van der Waals surface area contributed by atoms with E-state index in [2.05, 4.69) is 10.6 Å². The van der Waals surface area contributed by atoms with Gasteiger partial charge in [-0.05, 0) is 49.7 Å². The molecule has 0 aliphatic rings. The molecule has 0 aromatic heterocycles. The van der Waals surface area contributed by atoms with Crippen LogP contribution in [0.3, 0.4) is 0 Å². The zero-order valence-electron chi connectivity index (χ0n) is 19.7. The van der Waals surface area contributed by atoms with E-state index < -0.39 is 22.5 Å². The number of sulfonamides is 1. The summed E-state index contributed by atoms with van der Waals surface area (Å²) in [6.45, 7) is 4.03. The molecule has 0 spiro atoms. The highest BCUT2D eigenvalue weighted by Crippen LogP contribution is 2.32. The number of nitrogens with zero attached hydrogens (tertiary/aromatic N) is 1. The number of rotatable bonds is 11. The molecule has 0 bridgehead atoms. The van der Waals surface area contributed by atoms with Gasteiger partial charge in [-0.25, -0.2) is 8.42 Å². The van der Waals surface area contributed by atoms with Gasteiger partial charge in [0.15, 0.2) is 0 Å². The van der Waals surface area contributed by atoms with Crippen LogP contribution in [-0.2, 0) is 14.8 Å². The van der Waals surface area contributed by atoms with E-state index in [0.717, 1.165) is 10.7 Å². The van der Waals surface area contributed by atoms with Crippen molar-refractivity contribution < 1.29 is 22.7 Å². The van der Waals surface area contributed by atoms with Crippen LogP contribution < -0.4 is 19.7 Å². The van der Waals surface area contributed by atoms with Crippen molar-refractivity contribution in [1.29, 1.82) is 0 Å². The van der Waals surface area contributed by atoms with Gasteiger partial charge in [-0.3, -0.25) is 13.9 Å². The predicted molar refractivity (Wildman–Crippen MR) is 136 cm³/mol. The predicted octanol–water partition coefficient (Wildman–Crippen LogP) is 4.06. The number of carbonyl (C=O) groups excluding carboxylic acids is 2. The minimum absolute atomic E-state index is 0.0402. The second-order valence-corrected chi connectivity index (χ2v) is 9.44. The highest BCUT2D eigenvalue weighted by atomic mass is 32.2. The van der Waals surface area contributed by atoms with E-state index >= 15 is 0 Å². The summed E-state index contributed by atoms with van der Waals surface area (Å²) in [6.07, 6.45) is 0.770. The Morgan fingerprint density at radius 1 is 0.886 bits per heavy atom. The van der Waals surface area contributed by atoms with Gasteiger partial charge in [-0.1, -0.05) is 49.4 Å². The van der Waals surface area contributed by atoms with E-state index in [1.54, 1.807) is 73.7 Å². The molecule has 2 amide bonds. The van der Waals surface area contributed by atoms with Crippen LogP contribution in [0.1, 0.15) is 30.6 Å². The molecule has 0 heterocycles. The van der Waals surface area contributed by atoms with E-state index in [1.807, 2.05) is 6.92 Å². The molecule has 0 atom stereocenters. The molecule has 0 saturated carbocycles. The molecular formula is C26H29N3O5S. The summed E-state index contributed by atoms with van der Waals surface area (Å²) in [7, 11) is -4.11. The van der Waals surface area contributed by atoms with Crippen LogP contribution in [0, 0.1) is 0 Å². The van der Waals surface area contributed by atoms with Crippen molar-refractivity contribution in [2.45, 2.75) is 25.2 Å². The van der Waals surface area contributed by atoms with Gasteiger partial charge in [0.2, 0.25) is 5.91 Å². The Bertz CT molecular complexity index is 1260. The van der Waals surface area contributed by atoms with Crippen LogP contribution in [0.4, 0.5) is 11.4 Å². The van der Waals surface area contributed by atoms with E-state index in [1.165, 1.54) is 12.1 Å². The van der Waals surface area contributed by atoms with Crippen LogP contribution >= 0.6 is 0 Å². The summed E-state index contributed by atoms with van der Waals surface area (Å²) >= 11 is 0. The Labute approximate surface area is 206 Å². The molecular weight excluding hydrogens is 466 g/mol. The lowest BCUT2D eigenvalue weighted by Crippen LogP contribution is -2.38. The number of anilines is 2. The first kappa shape index (κ1) is 25.8. The van der Waals surface area contributed by atoms with Gasteiger partial charge in [-0.15, -0.1) is 0 Å². The minimum Gasteiger partial charge on any atom is -0.492 e. The molecule has 2 N–H and O–H groups in total. The highest BCUT2D eigenvalue weighted by Gasteiger charge is 2.29. The van der Waals surface area contributed by atoms with Crippen LogP contribution in [0.5, 0.6) is 5.75 Å². The first-order chi connectivity index (χ1) is 16.9. The van der Waals surface area contributed by atoms with Gasteiger partial charge in [0.1, 0.15) is 12.3 Å². The molecule has 0 aliphatic heterocycles. The molecule has 0 saturated heterocycles. The van der Waals surface area contributed by atoms with Crippen molar-refractivity contribution in [1.82, 2.24) is 5.32 Å². The van der Waals surface area contributed by atoms with E-state index in [0.29, 0.717) is 30.2 Å². The molecule has 0 fully saturated rings. The quantitative estimate of drug-likeness (QED) is 0.417. The molecule has 35 heavy (non-hydrogen) atoms. The number of para-hydroxylation sites is 3. The summed E-state index contributed by atoms with van der Waals surface area (Å²) in [5.74, 6) is -0.591. The van der Waals surface area contributed by atoms with Crippen molar-refractivity contribution in [3.8, 4) is 5.75 Å². The van der Waals surface area contributed by atoms with Gasteiger partial charge in [0, 0.05) is 6.54 Å². The molecule has 184 valence electrons. The maximum Gasteiger partial charge on any atom is 0.264 e. The molecule has 9 heteroatoms. The van der Waals surface area contributed by atoms with Crippen molar-refractivity contribution in [3.05, 3.63) is 84.4 Å². The largest absolute Gasteiger partial charge is 0.492 e. The Hall–Kier alpha value is -3.85. The zero-order chi connectivity index (χ0) is 25.3. The van der Waals surface area contributed by atoms with Gasteiger partial charge < -0.3 is 15.4 Å². The van der Waals surface area contributed by atoms with Gasteiger partial charge in [0.05, 0.1) is 28.4 Å². The third-order valence-corrected chi connectivity index (χ3v) is 6.81. The number of hydrogen-bond acceptors (Lipinski definition) is 5. The number of hydrogen-bond donors (Lipinski definition) is 2. The Morgan fingerprint density at radius 2 is 1.54 bits per heavy atom. The average molecular weight is 496 g/mol. The molecule has 8 nitrogen and oxygen atoms in total. The third-order valence-electron chi connectivity index (χ3n) is 5.03. The fraction of sp³-hybridized carbons (Fsp3) is 0.231. The summed E-state index contributed by atoms with van der Waals surface area (Å²) < 4.78 is 33.9. The summed E-state index contributed by atoms with van der Waals surface area (Å²) in [4.78, 5) is 25.7. The van der Waals surface area contributed by atoms with Crippen LogP contribution in [0.15, 0.2) is 83.8 Å². The molecule has 3 rings (SSSR count). The zero-order valence-corrected chi connectivity index (χ0v) is 20.5. The summed E-state index contributed by atoms with van der Waals surface area (Å²) in [5, 5.41) is 5.48. The lowest BCUT2D eigenvalue weighted by atomic mass is 10.1. The summed E-state index contributed by atoms with van der Waals surface area (Å²) in [5.41, 5.74) is 0.824. The highest BCUT2D eigenvalue weighted by molar-refractivity contribution is 7.92. The average Bonchev–Trinajstić information content (AvgIpc) is 2.87. The summed E-state index contributed by atoms with van der Waals surface area (Å²) in [6, 6.07) is 21.1. The fourth-order valence-electron chi connectivity index (χ4n) is 3.40. The molecule has 0 radical (unpaired) electrons. The van der Waals surface area contributed by atoms with Crippen molar-refractivity contribution in [2.75, 3.05) is 29.3 Å². The van der Waals surface area contributed by atoms with Crippen LogP contribution in [0.2, 0.25) is 0 Å². The van der Waals surface area contributed by atoms with Crippen molar-refractivity contribution >= 4 is 33.2 Å². The first-order valence-corrected chi connectivity index (χ1v) is 12.8. The normalized spacial score (nSPS) is 10.9. The Kier molecular flexibility index (Phi) is 8.86. The first-order valence-electron chi connectivity index (χ1n) is 11.3.